The van der Waals surface area contributed by atoms with Gasteiger partial charge in [-0.05, 0) is 24.6 Å². The van der Waals surface area contributed by atoms with Crippen molar-refractivity contribution in [2.75, 3.05) is 33.3 Å². The second-order valence-corrected chi connectivity index (χ2v) is 5.90. The molecule has 0 aliphatic carbocycles. The minimum atomic E-state index is -4.26. The molecule has 1 aliphatic heterocycles. The van der Waals surface area contributed by atoms with E-state index in [-0.39, 0.29) is 19.6 Å². The molecule has 24 heavy (non-hydrogen) atoms. The molecule has 5 nitrogen and oxygen atoms in total. The Balaban J connectivity index is 2.00. The third kappa shape index (κ3) is 4.61. The van der Waals surface area contributed by atoms with Crippen molar-refractivity contribution in [3.05, 3.63) is 29.8 Å². The standard InChI is InChI=1S/C16H21F3N2O3/c1-11-9-20(6-7-21(11)10-16(17,18)19)15(23)14(22)12-4-3-5-13(8-12)24-2/h3-5,8,11,14,22H,6-7,9-10H2,1-2H3. The average Bonchev–Trinajstić information content (AvgIpc) is 2.54. The van der Waals surface area contributed by atoms with Crippen LogP contribution in [0.15, 0.2) is 24.3 Å². The first-order valence-corrected chi connectivity index (χ1v) is 7.63. The maximum Gasteiger partial charge on any atom is 0.401 e. The summed E-state index contributed by atoms with van der Waals surface area (Å²) in [4.78, 5) is 15.1. The van der Waals surface area contributed by atoms with Gasteiger partial charge in [0.1, 0.15) is 5.75 Å². The SMILES string of the molecule is COc1cccc(C(O)C(=O)N2CCN(CC(F)(F)F)C(C)C2)c1. The van der Waals surface area contributed by atoms with E-state index in [0.717, 1.165) is 0 Å². The normalized spacial score (nSPS) is 20.8. The summed E-state index contributed by atoms with van der Waals surface area (Å²) in [5.41, 5.74) is 0.393. The Kier molecular flexibility index (Phi) is 5.71. The highest BCUT2D eigenvalue weighted by Crippen LogP contribution is 2.24. The van der Waals surface area contributed by atoms with E-state index in [0.29, 0.717) is 11.3 Å². The van der Waals surface area contributed by atoms with Crippen LogP contribution < -0.4 is 4.74 Å². The van der Waals surface area contributed by atoms with E-state index in [9.17, 15) is 23.1 Å². The highest BCUT2D eigenvalue weighted by Gasteiger charge is 2.37. The van der Waals surface area contributed by atoms with Gasteiger partial charge in [0.15, 0.2) is 6.10 Å². The number of hydrogen-bond donors (Lipinski definition) is 1. The van der Waals surface area contributed by atoms with E-state index in [1.807, 2.05) is 0 Å². The molecule has 1 saturated heterocycles. The molecule has 1 aromatic carbocycles. The van der Waals surface area contributed by atoms with Gasteiger partial charge in [-0.1, -0.05) is 12.1 Å². The number of amides is 1. The lowest BCUT2D eigenvalue weighted by Crippen LogP contribution is -2.56. The first kappa shape index (κ1) is 18.5. The smallest absolute Gasteiger partial charge is 0.401 e. The third-order valence-electron chi connectivity index (χ3n) is 4.10. The van der Waals surface area contributed by atoms with Crippen LogP contribution in [-0.4, -0.2) is 66.3 Å². The molecule has 1 heterocycles. The van der Waals surface area contributed by atoms with Gasteiger partial charge in [0, 0.05) is 25.7 Å². The molecule has 2 rings (SSSR count). The highest BCUT2D eigenvalue weighted by atomic mass is 19.4. The lowest BCUT2D eigenvalue weighted by atomic mass is 10.1. The van der Waals surface area contributed by atoms with Gasteiger partial charge in [-0.15, -0.1) is 0 Å². The molecular weight excluding hydrogens is 325 g/mol. The fourth-order valence-corrected chi connectivity index (χ4v) is 2.79. The van der Waals surface area contributed by atoms with Gasteiger partial charge in [0.2, 0.25) is 0 Å². The molecule has 0 aromatic heterocycles. The second kappa shape index (κ2) is 7.40. The maximum atomic E-state index is 12.5. The topological polar surface area (TPSA) is 53.0 Å². The molecule has 1 amide bonds. The fourth-order valence-electron chi connectivity index (χ4n) is 2.79. The van der Waals surface area contributed by atoms with Gasteiger partial charge in [-0.3, -0.25) is 9.69 Å². The molecule has 0 saturated carbocycles. The maximum absolute atomic E-state index is 12.5. The van der Waals surface area contributed by atoms with Gasteiger partial charge in [-0.25, -0.2) is 0 Å². The van der Waals surface area contributed by atoms with Crippen LogP contribution in [-0.2, 0) is 4.79 Å². The summed E-state index contributed by atoms with van der Waals surface area (Å²) in [7, 11) is 1.48. The summed E-state index contributed by atoms with van der Waals surface area (Å²) in [5.74, 6) is 0.00414. The number of nitrogens with zero attached hydrogens (tertiary/aromatic N) is 2. The third-order valence-corrected chi connectivity index (χ3v) is 4.10. The molecule has 1 aliphatic rings. The van der Waals surface area contributed by atoms with Crippen LogP contribution in [0.1, 0.15) is 18.6 Å². The minimum Gasteiger partial charge on any atom is -0.497 e. The van der Waals surface area contributed by atoms with Gasteiger partial charge in [0.05, 0.1) is 13.7 Å². The van der Waals surface area contributed by atoms with Gasteiger partial charge < -0.3 is 14.7 Å². The summed E-state index contributed by atoms with van der Waals surface area (Å²) in [6.07, 6.45) is -5.62. The van der Waals surface area contributed by atoms with E-state index in [4.69, 9.17) is 4.74 Å². The van der Waals surface area contributed by atoms with E-state index in [1.54, 1.807) is 31.2 Å². The van der Waals surface area contributed by atoms with Crippen molar-refractivity contribution >= 4 is 5.91 Å². The molecule has 8 heteroatoms. The summed E-state index contributed by atoms with van der Waals surface area (Å²) in [5, 5.41) is 10.3. The number of carbonyl (C=O) groups is 1. The zero-order valence-corrected chi connectivity index (χ0v) is 13.6. The zero-order chi connectivity index (χ0) is 17.9. The quantitative estimate of drug-likeness (QED) is 0.904. The van der Waals surface area contributed by atoms with Crippen LogP contribution in [0.5, 0.6) is 5.75 Å². The molecule has 1 fully saturated rings. The minimum absolute atomic E-state index is 0.122. The van der Waals surface area contributed by atoms with Crippen molar-refractivity contribution in [1.82, 2.24) is 9.80 Å². The van der Waals surface area contributed by atoms with Crippen molar-refractivity contribution < 1.29 is 27.8 Å². The molecule has 0 bridgehead atoms. The second-order valence-electron chi connectivity index (χ2n) is 5.90. The zero-order valence-electron chi connectivity index (χ0n) is 13.6. The predicted molar refractivity (Wildman–Crippen MR) is 81.6 cm³/mol. The summed E-state index contributed by atoms with van der Waals surface area (Å²) < 4.78 is 42.6. The Bertz CT molecular complexity index is 580. The lowest BCUT2D eigenvalue weighted by molar-refractivity contribution is -0.160. The predicted octanol–water partition coefficient (Wildman–Crippen LogP) is 1.82. The number of aliphatic hydroxyl groups is 1. The van der Waals surface area contributed by atoms with Gasteiger partial charge in [-0.2, -0.15) is 13.2 Å². The number of aliphatic hydroxyl groups excluding tert-OH is 1. The van der Waals surface area contributed by atoms with Crippen LogP contribution in [0.3, 0.4) is 0 Å². The Morgan fingerprint density at radius 3 is 2.71 bits per heavy atom. The lowest BCUT2D eigenvalue weighted by Gasteiger charge is -2.40. The van der Waals surface area contributed by atoms with E-state index in [2.05, 4.69) is 0 Å². The number of rotatable bonds is 4. The molecule has 1 N–H and O–H groups in total. The monoisotopic (exact) mass is 346 g/mol. The number of alkyl halides is 3. The summed E-state index contributed by atoms with van der Waals surface area (Å²) in [6.45, 7) is 1.07. The van der Waals surface area contributed by atoms with E-state index in [1.165, 1.54) is 16.9 Å². The fraction of sp³-hybridized carbons (Fsp3) is 0.562. The van der Waals surface area contributed by atoms with E-state index < -0.39 is 30.8 Å². The van der Waals surface area contributed by atoms with Gasteiger partial charge in [0.25, 0.3) is 5.91 Å². The number of carbonyl (C=O) groups excluding carboxylic acids is 1. The van der Waals surface area contributed by atoms with E-state index >= 15 is 0 Å². The van der Waals surface area contributed by atoms with Crippen LogP contribution >= 0.6 is 0 Å². The number of piperazine rings is 1. The van der Waals surface area contributed by atoms with Crippen molar-refractivity contribution in [3.8, 4) is 5.75 Å². The molecule has 134 valence electrons. The first-order chi connectivity index (χ1) is 11.2. The van der Waals surface area contributed by atoms with Crippen molar-refractivity contribution in [2.45, 2.75) is 25.2 Å². The molecule has 1 aromatic rings. The number of ether oxygens (including phenoxy) is 1. The number of halogens is 3. The first-order valence-electron chi connectivity index (χ1n) is 7.63. The Morgan fingerprint density at radius 2 is 2.12 bits per heavy atom. The average molecular weight is 346 g/mol. The summed E-state index contributed by atoms with van der Waals surface area (Å²) in [6, 6.07) is 6.09. The molecule has 2 unspecified atom stereocenters. The molecule has 0 radical (unpaired) electrons. The van der Waals surface area contributed by atoms with Crippen molar-refractivity contribution in [1.29, 1.82) is 0 Å². The number of methoxy groups -OCH3 is 1. The van der Waals surface area contributed by atoms with Crippen LogP contribution in [0.2, 0.25) is 0 Å². The molecular formula is C16H21F3N2O3. The number of hydrogen-bond acceptors (Lipinski definition) is 4. The molecule has 2 atom stereocenters. The Morgan fingerprint density at radius 1 is 1.42 bits per heavy atom. The number of benzene rings is 1. The Labute approximate surface area is 138 Å². The molecule has 0 spiro atoms. The summed E-state index contributed by atoms with van der Waals surface area (Å²) >= 11 is 0. The van der Waals surface area contributed by atoms with Crippen LogP contribution in [0.4, 0.5) is 13.2 Å². The Hall–Kier alpha value is -1.80. The highest BCUT2D eigenvalue weighted by molar-refractivity contribution is 5.82. The van der Waals surface area contributed by atoms with Gasteiger partial charge >= 0.3 is 6.18 Å². The van der Waals surface area contributed by atoms with Crippen molar-refractivity contribution in [3.63, 3.8) is 0 Å². The van der Waals surface area contributed by atoms with Crippen molar-refractivity contribution in [2.24, 2.45) is 0 Å². The van der Waals surface area contributed by atoms with Crippen LogP contribution in [0, 0.1) is 0 Å². The largest absolute Gasteiger partial charge is 0.497 e. The van der Waals surface area contributed by atoms with Crippen LogP contribution in [0.25, 0.3) is 0 Å².